The van der Waals surface area contributed by atoms with Gasteiger partial charge in [-0.25, -0.2) is 23.4 Å². The number of nitrogens with zero attached hydrogens (tertiary/aromatic N) is 5. The average molecular weight is 465 g/mol. The van der Waals surface area contributed by atoms with Crippen molar-refractivity contribution in [3.05, 3.63) is 69.7 Å². The van der Waals surface area contributed by atoms with Crippen LogP contribution < -0.4 is 5.56 Å². The van der Waals surface area contributed by atoms with Gasteiger partial charge in [0.15, 0.2) is 5.82 Å². The summed E-state index contributed by atoms with van der Waals surface area (Å²) in [5.41, 5.74) is -1.28. The Morgan fingerprint density at radius 3 is 2.48 bits per heavy atom. The largest absolute Gasteiger partial charge is 0.418 e. The second kappa shape index (κ2) is 9.32. The summed E-state index contributed by atoms with van der Waals surface area (Å²) in [5.74, 6) is -0.795. The molecule has 1 aliphatic carbocycles. The second-order valence-corrected chi connectivity index (χ2v) is 7.88. The van der Waals surface area contributed by atoms with Crippen LogP contribution >= 0.6 is 0 Å². The van der Waals surface area contributed by atoms with Crippen molar-refractivity contribution in [2.75, 3.05) is 0 Å². The highest BCUT2D eigenvalue weighted by Crippen LogP contribution is 2.33. The van der Waals surface area contributed by atoms with Gasteiger partial charge in [-0.15, -0.1) is 0 Å². The minimum Gasteiger partial charge on any atom is -0.267 e. The predicted octanol–water partition coefficient (Wildman–Crippen LogP) is 5.15. The van der Waals surface area contributed by atoms with E-state index in [2.05, 4.69) is 20.1 Å². The third-order valence-electron chi connectivity index (χ3n) is 5.67. The lowest BCUT2D eigenvalue weighted by atomic mass is 9.84. The molecule has 11 heteroatoms. The van der Waals surface area contributed by atoms with Gasteiger partial charge >= 0.3 is 6.18 Å². The van der Waals surface area contributed by atoms with E-state index in [1.54, 1.807) is 0 Å². The first-order valence-corrected chi connectivity index (χ1v) is 10.5. The molecule has 0 unspecified atom stereocenters. The molecule has 3 aromatic heterocycles. The van der Waals surface area contributed by atoms with Crippen molar-refractivity contribution in [1.82, 2.24) is 24.7 Å². The van der Waals surface area contributed by atoms with Crippen LogP contribution in [0.15, 0.2) is 41.5 Å². The summed E-state index contributed by atoms with van der Waals surface area (Å²) in [7, 11) is 0. The SMILES string of the molecule is O=c1c(C2CCCCC2)cc(-c2ccnc(C(F)F)n2)nn1Cc1ncccc1C(F)(F)F. The lowest BCUT2D eigenvalue weighted by molar-refractivity contribution is -0.138. The van der Waals surface area contributed by atoms with E-state index < -0.39 is 36.1 Å². The molecule has 0 spiro atoms. The topological polar surface area (TPSA) is 73.6 Å². The quantitative estimate of drug-likeness (QED) is 0.488. The molecule has 0 bridgehead atoms. The van der Waals surface area contributed by atoms with E-state index in [0.717, 1.165) is 49.0 Å². The molecule has 0 aliphatic heterocycles. The molecule has 0 amide bonds. The first kappa shape index (κ1) is 22.9. The third-order valence-corrected chi connectivity index (χ3v) is 5.67. The predicted molar refractivity (Wildman–Crippen MR) is 109 cm³/mol. The lowest BCUT2D eigenvalue weighted by Crippen LogP contribution is -2.30. The lowest BCUT2D eigenvalue weighted by Gasteiger charge is -2.22. The van der Waals surface area contributed by atoms with Crippen LogP contribution in [0, 0.1) is 0 Å². The van der Waals surface area contributed by atoms with Gasteiger partial charge in [0.2, 0.25) is 0 Å². The molecule has 0 N–H and O–H groups in total. The molecule has 0 saturated heterocycles. The van der Waals surface area contributed by atoms with E-state index in [4.69, 9.17) is 0 Å². The number of halogens is 5. The molecule has 33 heavy (non-hydrogen) atoms. The molecule has 0 atom stereocenters. The van der Waals surface area contributed by atoms with Gasteiger partial charge in [-0.2, -0.15) is 18.3 Å². The molecule has 6 nitrogen and oxygen atoms in total. The zero-order valence-electron chi connectivity index (χ0n) is 17.4. The van der Waals surface area contributed by atoms with Gasteiger partial charge < -0.3 is 0 Å². The van der Waals surface area contributed by atoms with E-state index in [1.807, 2.05) is 0 Å². The van der Waals surface area contributed by atoms with E-state index in [0.29, 0.717) is 5.56 Å². The van der Waals surface area contributed by atoms with Crippen molar-refractivity contribution >= 4 is 0 Å². The first-order chi connectivity index (χ1) is 15.7. The fourth-order valence-electron chi connectivity index (χ4n) is 4.09. The summed E-state index contributed by atoms with van der Waals surface area (Å²) in [6.07, 6.45) is -0.818. The maximum absolute atomic E-state index is 13.5. The highest BCUT2D eigenvalue weighted by Gasteiger charge is 2.34. The molecule has 1 aliphatic rings. The highest BCUT2D eigenvalue weighted by molar-refractivity contribution is 5.54. The fourth-order valence-corrected chi connectivity index (χ4v) is 4.09. The summed E-state index contributed by atoms with van der Waals surface area (Å²) < 4.78 is 67.5. The zero-order valence-corrected chi connectivity index (χ0v) is 17.4. The third kappa shape index (κ3) is 5.07. The van der Waals surface area contributed by atoms with Gasteiger partial charge in [0.05, 0.1) is 23.5 Å². The van der Waals surface area contributed by atoms with Crippen molar-refractivity contribution in [2.45, 2.75) is 57.2 Å². The van der Waals surface area contributed by atoms with Gasteiger partial charge in [-0.1, -0.05) is 19.3 Å². The van der Waals surface area contributed by atoms with Gasteiger partial charge in [0.1, 0.15) is 5.69 Å². The Hall–Kier alpha value is -3.24. The molecule has 4 rings (SSSR count). The van der Waals surface area contributed by atoms with Gasteiger partial charge in [-0.3, -0.25) is 9.78 Å². The molecular weight excluding hydrogens is 445 g/mol. The Morgan fingerprint density at radius 1 is 1.03 bits per heavy atom. The van der Waals surface area contributed by atoms with Crippen molar-refractivity contribution in [2.24, 2.45) is 0 Å². The molecular formula is C22H20F5N5O. The van der Waals surface area contributed by atoms with Crippen LogP contribution in [-0.2, 0) is 12.7 Å². The Labute approximate surface area is 185 Å². The van der Waals surface area contributed by atoms with Crippen molar-refractivity contribution in [1.29, 1.82) is 0 Å². The van der Waals surface area contributed by atoms with E-state index in [1.165, 1.54) is 24.4 Å². The van der Waals surface area contributed by atoms with Crippen LogP contribution in [0.25, 0.3) is 11.4 Å². The monoisotopic (exact) mass is 465 g/mol. The number of hydrogen-bond donors (Lipinski definition) is 0. The minimum atomic E-state index is -4.66. The normalized spacial score (nSPS) is 15.2. The van der Waals surface area contributed by atoms with Crippen LogP contribution in [0.3, 0.4) is 0 Å². The minimum absolute atomic E-state index is 0.0585. The molecule has 1 fully saturated rings. The van der Waals surface area contributed by atoms with Crippen molar-refractivity contribution < 1.29 is 22.0 Å². The van der Waals surface area contributed by atoms with Gasteiger partial charge in [0, 0.05) is 18.0 Å². The number of rotatable bonds is 5. The summed E-state index contributed by atoms with van der Waals surface area (Å²) in [6.45, 7) is -0.519. The van der Waals surface area contributed by atoms with Gasteiger partial charge in [-0.05, 0) is 43.0 Å². The van der Waals surface area contributed by atoms with Crippen LogP contribution in [0.1, 0.15) is 67.1 Å². The number of hydrogen-bond acceptors (Lipinski definition) is 5. The van der Waals surface area contributed by atoms with Crippen LogP contribution in [0.5, 0.6) is 0 Å². The van der Waals surface area contributed by atoms with Gasteiger partial charge in [0.25, 0.3) is 12.0 Å². The second-order valence-electron chi connectivity index (χ2n) is 7.88. The Morgan fingerprint density at radius 2 is 1.79 bits per heavy atom. The number of aromatic nitrogens is 5. The molecule has 174 valence electrons. The summed E-state index contributed by atoms with van der Waals surface area (Å²) in [6, 6.07) is 4.93. The van der Waals surface area contributed by atoms with E-state index >= 15 is 0 Å². The Kier molecular flexibility index (Phi) is 6.48. The number of pyridine rings is 1. The highest BCUT2D eigenvalue weighted by atomic mass is 19.4. The van der Waals surface area contributed by atoms with Crippen LogP contribution in [0.2, 0.25) is 0 Å². The zero-order chi connectivity index (χ0) is 23.6. The Balaban J connectivity index is 1.84. The van der Waals surface area contributed by atoms with Crippen LogP contribution in [0.4, 0.5) is 22.0 Å². The molecule has 3 heterocycles. The maximum Gasteiger partial charge on any atom is 0.418 e. The molecule has 1 saturated carbocycles. The molecule has 0 radical (unpaired) electrons. The summed E-state index contributed by atoms with van der Waals surface area (Å²) in [4.78, 5) is 24.4. The van der Waals surface area contributed by atoms with Crippen LogP contribution in [-0.4, -0.2) is 24.7 Å². The standard InChI is InChI=1S/C22H20F5N5O/c23-19(24)20-29-10-8-16(30-20)17-11-14(13-5-2-1-3-6-13)21(33)32(31-17)12-18-15(22(25,26)27)7-4-9-28-18/h4,7-11,13,19H,1-3,5-6,12H2. The summed E-state index contributed by atoms with van der Waals surface area (Å²) >= 11 is 0. The smallest absolute Gasteiger partial charge is 0.267 e. The maximum atomic E-state index is 13.5. The van der Waals surface area contributed by atoms with Crippen molar-refractivity contribution in [3.8, 4) is 11.4 Å². The number of alkyl halides is 5. The summed E-state index contributed by atoms with van der Waals surface area (Å²) in [5, 5.41) is 4.18. The Bertz CT molecular complexity index is 1190. The molecule has 3 aromatic rings. The molecule has 0 aromatic carbocycles. The fraction of sp³-hybridized carbons (Fsp3) is 0.409. The first-order valence-electron chi connectivity index (χ1n) is 10.5. The average Bonchev–Trinajstić information content (AvgIpc) is 2.80. The van der Waals surface area contributed by atoms with Crippen molar-refractivity contribution in [3.63, 3.8) is 0 Å². The van der Waals surface area contributed by atoms with E-state index in [9.17, 15) is 26.7 Å². The van der Waals surface area contributed by atoms with E-state index in [-0.39, 0.29) is 23.0 Å².